The fourth-order valence-electron chi connectivity index (χ4n) is 2.48. The molecule has 0 aliphatic carbocycles. The van der Waals surface area contributed by atoms with Crippen LogP contribution in [0.15, 0.2) is 53.5 Å². The summed E-state index contributed by atoms with van der Waals surface area (Å²) in [6, 6.07) is 13.3. The van der Waals surface area contributed by atoms with Gasteiger partial charge in [-0.1, -0.05) is 30.0 Å². The number of amidine groups is 1. The number of benzene rings is 2. The summed E-state index contributed by atoms with van der Waals surface area (Å²) in [4.78, 5) is 39.2. The zero-order chi connectivity index (χ0) is 19.4. The van der Waals surface area contributed by atoms with Crippen LogP contribution in [0.5, 0.6) is 0 Å². The Hall–Kier alpha value is -3.20. The number of nitro benzene ring substituents is 1. The average Bonchev–Trinajstić information content (AvgIpc) is 2.63. The first-order valence-corrected chi connectivity index (χ1v) is 8.96. The van der Waals surface area contributed by atoms with Gasteiger partial charge in [0.2, 0.25) is 11.8 Å². The molecule has 0 radical (unpaired) electrons. The van der Waals surface area contributed by atoms with Crippen molar-refractivity contribution in [3.63, 3.8) is 0 Å². The van der Waals surface area contributed by atoms with Crippen LogP contribution < -0.4 is 10.6 Å². The molecule has 2 aromatic rings. The van der Waals surface area contributed by atoms with Crippen molar-refractivity contribution in [2.75, 3.05) is 5.32 Å². The highest BCUT2D eigenvalue weighted by atomic mass is 32.2. The van der Waals surface area contributed by atoms with Crippen molar-refractivity contribution in [3.8, 4) is 0 Å². The Morgan fingerprint density at radius 1 is 1.30 bits per heavy atom. The van der Waals surface area contributed by atoms with E-state index in [1.54, 1.807) is 19.1 Å². The SMILES string of the molecule is Cc1cc([N+](=O)[O-])ccc1NC(=O)[C@H]1CC(=O)NC(=Nc2ccccc2)S1. The van der Waals surface area contributed by atoms with E-state index in [0.717, 1.165) is 0 Å². The zero-order valence-corrected chi connectivity index (χ0v) is 15.2. The number of carbonyl (C=O) groups excluding carboxylic acids is 2. The number of nitrogens with one attached hydrogen (secondary N) is 2. The van der Waals surface area contributed by atoms with Crippen molar-refractivity contribution in [1.82, 2.24) is 5.32 Å². The van der Waals surface area contributed by atoms with Gasteiger partial charge in [0.15, 0.2) is 5.17 Å². The fraction of sp³-hybridized carbons (Fsp3) is 0.167. The number of amides is 2. The summed E-state index contributed by atoms with van der Waals surface area (Å²) in [5.41, 5.74) is 1.67. The molecule has 0 saturated carbocycles. The molecule has 1 atom stereocenters. The lowest BCUT2D eigenvalue weighted by Crippen LogP contribution is -2.41. The van der Waals surface area contributed by atoms with E-state index in [9.17, 15) is 19.7 Å². The predicted molar refractivity (Wildman–Crippen MR) is 104 cm³/mol. The molecule has 0 bridgehead atoms. The Bertz CT molecular complexity index is 930. The third-order valence-corrected chi connectivity index (χ3v) is 4.91. The molecule has 2 N–H and O–H groups in total. The Morgan fingerprint density at radius 3 is 2.70 bits per heavy atom. The van der Waals surface area contributed by atoms with Gasteiger partial charge in [-0.3, -0.25) is 19.7 Å². The number of rotatable bonds is 4. The topological polar surface area (TPSA) is 114 Å². The highest BCUT2D eigenvalue weighted by Crippen LogP contribution is 2.26. The molecule has 0 aromatic heterocycles. The lowest BCUT2D eigenvalue weighted by Gasteiger charge is -2.22. The van der Waals surface area contributed by atoms with Crippen LogP contribution in [0.1, 0.15) is 12.0 Å². The van der Waals surface area contributed by atoms with Gasteiger partial charge in [-0.05, 0) is 30.7 Å². The molecule has 2 aromatic carbocycles. The lowest BCUT2D eigenvalue weighted by molar-refractivity contribution is -0.384. The Balaban J connectivity index is 1.73. The maximum Gasteiger partial charge on any atom is 0.269 e. The smallest absolute Gasteiger partial charge is 0.269 e. The van der Waals surface area contributed by atoms with Crippen molar-refractivity contribution < 1.29 is 14.5 Å². The lowest BCUT2D eigenvalue weighted by atomic mass is 10.1. The van der Waals surface area contributed by atoms with Crippen LogP contribution >= 0.6 is 11.8 Å². The van der Waals surface area contributed by atoms with E-state index in [0.29, 0.717) is 22.1 Å². The maximum atomic E-state index is 12.6. The Morgan fingerprint density at radius 2 is 2.04 bits per heavy atom. The van der Waals surface area contributed by atoms with Gasteiger partial charge < -0.3 is 10.6 Å². The van der Waals surface area contributed by atoms with Crippen molar-refractivity contribution >= 4 is 45.8 Å². The molecular weight excluding hydrogens is 368 g/mol. The highest BCUT2D eigenvalue weighted by molar-refractivity contribution is 8.15. The first-order chi connectivity index (χ1) is 12.9. The van der Waals surface area contributed by atoms with E-state index >= 15 is 0 Å². The molecule has 8 nitrogen and oxygen atoms in total. The summed E-state index contributed by atoms with van der Waals surface area (Å²) in [7, 11) is 0. The van der Waals surface area contributed by atoms with E-state index in [1.807, 2.05) is 18.2 Å². The van der Waals surface area contributed by atoms with Gasteiger partial charge in [0.05, 0.1) is 10.6 Å². The zero-order valence-electron chi connectivity index (χ0n) is 14.3. The van der Waals surface area contributed by atoms with Crippen LogP contribution in [0.2, 0.25) is 0 Å². The molecule has 27 heavy (non-hydrogen) atoms. The molecule has 9 heteroatoms. The summed E-state index contributed by atoms with van der Waals surface area (Å²) in [6.45, 7) is 1.67. The molecule has 0 spiro atoms. The van der Waals surface area contributed by atoms with Crippen molar-refractivity contribution in [2.45, 2.75) is 18.6 Å². The number of hydrogen-bond acceptors (Lipinski definition) is 6. The van der Waals surface area contributed by atoms with Gasteiger partial charge in [-0.15, -0.1) is 0 Å². The van der Waals surface area contributed by atoms with Gasteiger partial charge in [-0.2, -0.15) is 0 Å². The number of hydrogen-bond donors (Lipinski definition) is 2. The van der Waals surface area contributed by atoms with Gasteiger partial charge >= 0.3 is 0 Å². The van der Waals surface area contributed by atoms with Crippen molar-refractivity contribution in [3.05, 3.63) is 64.2 Å². The second-order valence-corrected chi connectivity index (χ2v) is 7.05. The largest absolute Gasteiger partial charge is 0.325 e. The predicted octanol–water partition coefficient (Wildman–Crippen LogP) is 3.15. The second kappa shape index (κ2) is 8.00. The van der Waals surface area contributed by atoms with E-state index in [1.165, 1.54) is 30.0 Å². The first kappa shape index (κ1) is 18.6. The first-order valence-electron chi connectivity index (χ1n) is 8.08. The molecule has 1 fully saturated rings. The second-order valence-electron chi connectivity index (χ2n) is 5.86. The number of para-hydroxylation sites is 1. The highest BCUT2D eigenvalue weighted by Gasteiger charge is 2.30. The van der Waals surface area contributed by atoms with Crippen LogP contribution in [-0.4, -0.2) is 27.2 Å². The van der Waals surface area contributed by atoms with E-state index < -0.39 is 10.2 Å². The van der Waals surface area contributed by atoms with Gasteiger partial charge in [-0.25, -0.2) is 4.99 Å². The summed E-state index contributed by atoms with van der Waals surface area (Å²) >= 11 is 1.17. The molecule has 2 amide bonds. The third kappa shape index (κ3) is 4.70. The van der Waals surface area contributed by atoms with Crippen molar-refractivity contribution in [2.24, 2.45) is 4.99 Å². The third-order valence-electron chi connectivity index (χ3n) is 3.83. The average molecular weight is 384 g/mol. The maximum absolute atomic E-state index is 12.6. The number of aliphatic imine (C=N–C) groups is 1. The van der Waals surface area contributed by atoms with E-state index in [4.69, 9.17) is 0 Å². The minimum atomic E-state index is -0.643. The van der Waals surface area contributed by atoms with Crippen LogP contribution in [-0.2, 0) is 9.59 Å². The van der Waals surface area contributed by atoms with Crippen LogP contribution in [0.25, 0.3) is 0 Å². The number of anilines is 1. The Labute approximate surface area is 159 Å². The quantitative estimate of drug-likeness (QED) is 0.621. The summed E-state index contributed by atoms with van der Waals surface area (Å²) in [5, 5.41) is 15.9. The van der Waals surface area contributed by atoms with E-state index in [-0.39, 0.29) is 23.9 Å². The minimum absolute atomic E-state index is 0.0241. The molecule has 0 unspecified atom stereocenters. The summed E-state index contributed by atoms with van der Waals surface area (Å²) in [6.07, 6.45) is 0.0241. The van der Waals surface area contributed by atoms with Gasteiger partial charge in [0, 0.05) is 24.2 Å². The molecule has 1 aliphatic heterocycles. The number of nitrogens with zero attached hydrogens (tertiary/aromatic N) is 2. The summed E-state index contributed by atoms with van der Waals surface area (Å²) < 4.78 is 0. The number of non-ortho nitro benzene ring substituents is 1. The molecule has 3 rings (SSSR count). The standard InChI is InChI=1S/C18H16N4O4S/c1-11-9-13(22(25)26)7-8-14(11)20-17(24)15-10-16(23)21-18(27-15)19-12-5-3-2-4-6-12/h2-9,15H,10H2,1H3,(H,20,24)(H,19,21,23)/t15-/m1/s1. The normalized spacial score (nSPS) is 18.0. The number of thioether (sulfide) groups is 1. The van der Waals surface area contributed by atoms with Crippen molar-refractivity contribution in [1.29, 1.82) is 0 Å². The molecule has 138 valence electrons. The van der Waals surface area contributed by atoms with Gasteiger partial charge in [0.25, 0.3) is 5.69 Å². The number of aryl methyl sites for hydroxylation is 1. The van der Waals surface area contributed by atoms with Crippen LogP contribution in [0.4, 0.5) is 17.1 Å². The van der Waals surface area contributed by atoms with E-state index in [2.05, 4.69) is 15.6 Å². The summed E-state index contributed by atoms with van der Waals surface area (Å²) in [5.74, 6) is -0.642. The van der Waals surface area contributed by atoms with Gasteiger partial charge in [0.1, 0.15) is 5.25 Å². The molecular formula is C18H16N4O4S. The molecule has 1 heterocycles. The monoisotopic (exact) mass is 384 g/mol. The van der Waals surface area contributed by atoms with Crippen LogP contribution in [0.3, 0.4) is 0 Å². The minimum Gasteiger partial charge on any atom is -0.325 e. The number of nitro groups is 1. The fourth-order valence-corrected chi connectivity index (χ4v) is 3.48. The number of carbonyl (C=O) groups is 2. The van der Waals surface area contributed by atoms with Crippen LogP contribution in [0, 0.1) is 17.0 Å². The Kier molecular flexibility index (Phi) is 5.51. The molecule has 1 aliphatic rings. The molecule has 1 saturated heterocycles.